The number of aliphatic hydroxyl groups is 2. The number of hydrogen-bond acceptors (Lipinski definition) is 5. The van der Waals surface area contributed by atoms with E-state index in [1.807, 2.05) is 0 Å². The molecule has 3 heterocycles. The molecule has 1 fully saturated rings. The van der Waals surface area contributed by atoms with E-state index in [0.717, 1.165) is 0 Å². The molecule has 0 unspecified atom stereocenters. The van der Waals surface area contributed by atoms with Gasteiger partial charge in [0.05, 0.1) is 22.6 Å². The normalized spacial score (nSPS) is 26.4. The molecular formula is C11H12BrN3O5. The van der Waals surface area contributed by atoms with Gasteiger partial charge >= 0.3 is 5.69 Å². The second-order valence-corrected chi connectivity index (χ2v) is 5.49. The van der Waals surface area contributed by atoms with Crippen LogP contribution in [0.15, 0.2) is 20.3 Å². The van der Waals surface area contributed by atoms with Crippen LogP contribution in [-0.4, -0.2) is 43.6 Å². The number of aromatic nitrogens is 3. The Morgan fingerprint density at radius 2 is 2.20 bits per heavy atom. The molecule has 9 heteroatoms. The fourth-order valence-corrected chi connectivity index (χ4v) is 3.01. The molecule has 0 spiro atoms. The van der Waals surface area contributed by atoms with Gasteiger partial charge in [0.1, 0.15) is 18.0 Å². The quantitative estimate of drug-likeness (QED) is 0.580. The zero-order chi connectivity index (χ0) is 14.4. The predicted molar refractivity (Wildman–Crippen MR) is 72.5 cm³/mol. The van der Waals surface area contributed by atoms with E-state index in [0.29, 0.717) is 15.5 Å². The minimum absolute atomic E-state index is 0.260. The molecule has 4 N–H and O–H groups in total. The van der Waals surface area contributed by atoms with E-state index in [4.69, 9.17) is 9.84 Å². The number of hydrogen-bond donors (Lipinski definition) is 4. The van der Waals surface area contributed by atoms with E-state index in [-0.39, 0.29) is 13.0 Å². The van der Waals surface area contributed by atoms with E-state index in [1.54, 1.807) is 10.8 Å². The molecule has 3 rings (SSSR count). The Morgan fingerprint density at radius 3 is 2.85 bits per heavy atom. The Balaban J connectivity index is 2.14. The molecule has 0 amide bonds. The largest absolute Gasteiger partial charge is 0.394 e. The van der Waals surface area contributed by atoms with Gasteiger partial charge < -0.3 is 19.5 Å². The minimum Gasteiger partial charge on any atom is -0.394 e. The first-order valence-corrected chi connectivity index (χ1v) is 6.77. The van der Waals surface area contributed by atoms with Crippen LogP contribution in [-0.2, 0) is 4.74 Å². The summed E-state index contributed by atoms with van der Waals surface area (Å²) < 4.78 is 7.59. The van der Waals surface area contributed by atoms with Crippen molar-refractivity contribution in [1.82, 2.24) is 14.5 Å². The molecule has 8 nitrogen and oxygen atoms in total. The summed E-state index contributed by atoms with van der Waals surface area (Å²) in [5, 5.41) is 19.2. The van der Waals surface area contributed by atoms with Crippen molar-refractivity contribution in [3.8, 4) is 0 Å². The number of aromatic amines is 2. The molecule has 0 radical (unpaired) electrons. The van der Waals surface area contributed by atoms with Crippen LogP contribution in [0, 0.1) is 0 Å². The lowest BCUT2D eigenvalue weighted by molar-refractivity contribution is -0.0430. The average Bonchev–Trinajstić information content (AvgIpc) is 2.90. The third-order valence-electron chi connectivity index (χ3n) is 3.37. The fraction of sp³-hybridized carbons (Fsp3) is 0.455. The van der Waals surface area contributed by atoms with Gasteiger partial charge in [-0.1, -0.05) is 0 Å². The number of rotatable bonds is 2. The van der Waals surface area contributed by atoms with Crippen LogP contribution in [0.1, 0.15) is 12.6 Å². The van der Waals surface area contributed by atoms with E-state index >= 15 is 0 Å². The zero-order valence-corrected chi connectivity index (χ0v) is 11.8. The van der Waals surface area contributed by atoms with Crippen LogP contribution >= 0.6 is 15.9 Å². The lowest BCUT2D eigenvalue weighted by Crippen LogP contribution is -2.24. The van der Waals surface area contributed by atoms with Crippen molar-refractivity contribution in [3.63, 3.8) is 0 Å². The molecule has 1 aliphatic heterocycles. The van der Waals surface area contributed by atoms with Crippen LogP contribution in [0.4, 0.5) is 0 Å². The van der Waals surface area contributed by atoms with Crippen LogP contribution in [0.3, 0.4) is 0 Å². The maximum atomic E-state index is 11.8. The summed E-state index contributed by atoms with van der Waals surface area (Å²) in [6.45, 7) is -0.296. The van der Waals surface area contributed by atoms with Crippen molar-refractivity contribution in [1.29, 1.82) is 0 Å². The SMILES string of the molecule is O=c1[nH]c(=O)c2c(Br)cn([C@H]3C[C@H](O)[C@@H](CO)O3)c2[nH]1. The highest BCUT2D eigenvalue weighted by Gasteiger charge is 2.35. The summed E-state index contributed by atoms with van der Waals surface area (Å²) in [7, 11) is 0. The first kappa shape index (κ1) is 13.6. The highest BCUT2D eigenvalue weighted by Crippen LogP contribution is 2.33. The van der Waals surface area contributed by atoms with Crippen molar-refractivity contribution in [2.75, 3.05) is 6.61 Å². The van der Waals surface area contributed by atoms with Crippen LogP contribution in [0.2, 0.25) is 0 Å². The van der Waals surface area contributed by atoms with Gasteiger partial charge in [-0.05, 0) is 15.9 Å². The third-order valence-corrected chi connectivity index (χ3v) is 3.97. The molecule has 0 saturated carbocycles. The second kappa shape index (κ2) is 4.85. The number of nitrogens with zero attached hydrogens (tertiary/aromatic N) is 1. The lowest BCUT2D eigenvalue weighted by Gasteiger charge is -2.14. The van der Waals surface area contributed by atoms with E-state index in [2.05, 4.69) is 25.9 Å². The summed E-state index contributed by atoms with van der Waals surface area (Å²) in [5.41, 5.74) is -0.820. The number of nitrogens with one attached hydrogen (secondary N) is 2. The molecule has 2 aromatic rings. The number of aliphatic hydroxyl groups excluding tert-OH is 2. The van der Waals surface area contributed by atoms with Crippen molar-refractivity contribution in [3.05, 3.63) is 31.5 Å². The first-order chi connectivity index (χ1) is 9.51. The van der Waals surface area contributed by atoms with Gasteiger partial charge in [0.25, 0.3) is 5.56 Å². The Morgan fingerprint density at radius 1 is 1.45 bits per heavy atom. The molecule has 2 aromatic heterocycles. The molecular weight excluding hydrogens is 334 g/mol. The maximum Gasteiger partial charge on any atom is 0.327 e. The summed E-state index contributed by atoms with van der Waals surface area (Å²) in [4.78, 5) is 27.9. The van der Waals surface area contributed by atoms with E-state index in [1.165, 1.54) is 0 Å². The summed E-state index contributed by atoms with van der Waals surface area (Å²) in [6.07, 6.45) is -0.170. The molecule has 20 heavy (non-hydrogen) atoms. The summed E-state index contributed by atoms with van der Waals surface area (Å²) in [6, 6.07) is 0. The highest BCUT2D eigenvalue weighted by molar-refractivity contribution is 9.10. The van der Waals surface area contributed by atoms with Crippen molar-refractivity contribution >= 4 is 27.0 Å². The number of H-pyrrole nitrogens is 2. The van der Waals surface area contributed by atoms with E-state index in [9.17, 15) is 14.7 Å². The van der Waals surface area contributed by atoms with Gasteiger partial charge in [0.15, 0.2) is 0 Å². The molecule has 3 atom stereocenters. The molecule has 0 aromatic carbocycles. The second-order valence-electron chi connectivity index (χ2n) is 4.63. The summed E-state index contributed by atoms with van der Waals surface area (Å²) in [5.74, 6) is 0. The summed E-state index contributed by atoms with van der Waals surface area (Å²) >= 11 is 3.26. The van der Waals surface area contributed by atoms with Gasteiger partial charge in [-0.3, -0.25) is 14.8 Å². The number of fused-ring (bicyclic) bond motifs is 1. The monoisotopic (exact) mass is 345 g/mol. The Hall–Kier alpha value is -1.42. The van der Waals surface area contributed by atoms with E-state index < -0.39 is 29.7 Å². The topological polar surface area (TPSA) is 120 Å². The maximum absolute atomic E-state index is 11.8. The van der Waals surface area contributed by atoms with Gasteiger partial charge in [-0.25, -0.2) is 4.79 Å². The molecule has 0 aliphatic carbocycles. The predicted octanol–water partition coefficient (Wildman–Crippen LogP) is -0.579. The zero-order valence-electron chi connectivity index (χ0n) is 10.2. The lowest BCUT2D eigenvalue weighted by atomic mass is 10.2. The average molecular weight is 346 g/mol. The molecule has 108 valence electrons. The molecule has 1 saturated heterocycles. The van der Waals surface area contributed by atoms with Crippen molar-refractivity contribution in [2.45, 2.75) is 24.9 Å². The Kier molecular flexibility index (Phi) is 3.28. The smallest absolute Gasteiger partial charge is 0.327 e. The standard InChI is InChI=1S/C11H12BrN3O5/c12-4-2-15(7-1-5(17)6(3-16)20-7)9-8(4)10(18)14-11(19)13-9/h2,5-7,16-17H,1,3H2,(H2,13,14,18,19)/t5-,6+,7+/m0/s1. The van der Waals surface area contributed by atoms with Gasteiger partial charge in [-0.15, -0.1) is 0 Å². The number of halogens is 1. The van der Waals surface area contributed by atoms with Crippen molar-refractivity contribution in [2.24, 2.45) is 0 Å². The minimum atomic E-state index is -0.796. The Bertz CT molecular complexity index is 763. The number of ether oxygens (including phenoxy) is 1. The third kappa shape index (κ3) is 2.03. The van der Waals surface area contributed by atoms with Crippen LogP contribution < -0.4 is 11.2 Å². The van der Waals surface area contributed by atoms with Crippen molar-refractivity contribution < 1.29 is 14.9 Å². The Labute approximate surface area is 120 Å². The molecule has 1 aliphatic rings. The van der Waals surface area contributed by atoms with Gasteiger partial charge in [0.2, 0.25) is 0 Å². The molecule has 0 bridgehead atoms. The van der Waals surface area contributed by atoms with Gasteiger partial charge in [-0.2, -0.15) is 0 Å². The van der Waals surface area contributed by atoms with Gasteiger partial charge in [0, 0.05) is 12.6 Å². The fourth-order valence-electron chi connectivity index (χ4n) is 2.42. The van der Waals surface area contributed by atoms with Crippen LogP contribution in [0.25, 0.3) is 11.0 Å². The first-order valence-electron chi connectivity index (χ1n) is 5.98. The van der Waals surface area contributed by atoms with Crippen LogP contribution in [0.5, 0.6) is 0 Å². The highest BCUT2D eigenvalue weighted by atomic mass is 79.9.